The maximum atomic E-state index is 10.1. The molecule has 0 unspecified atom stereocenters. The summed E-state index contributed by atoms with van der Waals surface area (Å²) in [5, 5.41) is 38.5. The van der Waals surface area contributed by atoms with Gasteiger partial charge in [0.25, 0.3) is 0 Å². The average Bonchev–Trinajstić information content (AvgIpc) is 2.20. The molecule has 0 atom stereocenters. The molecule has 0 aliphatic rings. The maximum absolute atomic E-state index is 10.1. The summed E-state index contributed by atoms with van der Waals surface area (Å²) in [5.41, 5.74) is 5.01. The van der Waals surface area contributed by atoms with E-state index in [2.05, 4.69) is 10.3 Å². The van der Waals surface area contributed by atoms with Crippen LogP contribution in [-0.4, -0.2) is 59.3 Å². The summed E-state index contributed by atoms with van der Waals surface area (Å²) in [5.74, 6) is 0.0370. The SMILES string of the molecule is NC(=NCO)NCO.O=C(NCO)NCO. The Morgan fingerprint density at radius 1 is 1.00 bits per heavy atom. The first kappa shape index (κ1) is 16.8. The Bertz CT molecular complexity index is 192. The smallest absolute Gasteiger partial charge is 0.318 e. The van der Waals surface area contributed by atoms with Crippen LogP contribution in [-0.2, 0) is 0 Å². The summed E-state index contributed by atoms with van der Waals surface area (Å²) in [6.07, 6.45) is 0. The zero-order chi connectivity index (χ0) is 12.8. The van der Waals surface area contributed by atoms with Crippen molar-refractivity contribution < 1.29 is 25.2 Å². The Hall–Kier alpha value is -1.62. The van der Waals surface area contributed by atoms with Gasteiger partial charge in [-0.25, -0.2) is 9.79 Å². The normalized spacial score (nSPS) is 9.88. The van der Waals surface area contributed by atoms with Crippen molar-refractivity contribution in [3.05, 3.63) is 0 Å². The molecule has 0 aromatic heterocycles. The largest absolute Gasteiger partial charge is 0.376 e. The van der Waals surface area contributed by atoms with E-state index in [9.17, 15) is 4.79 Å². The minimum Gasteiger partial charge on any atom is -0.376 e. The number of urea groups is 1. The summed E-state index contributed by atoms with van der Waals surface area (Å²) in [4.78, 5) is 13.4. The van der Waals surface area contributed by atoms with Gasteiger partial charge in [-0.05, 0) is 0 Å². The molecule has 10 heteroatoms. The van der Waals surface area contributed by atoms with Crippen LogP contribution in [0.2, 0.25) is 0 Å². The number of hydrogen-bond acceptors (Lipinski definition) is 6. The summed E-state index contributed by atoms with van der Waals surface area (Å²) in [6, 6.07) is -0.588. The summed E-state index contributed by atoms with van der Waals surface area (Å²) < 4.78 is 0. The van der Waals surface area contributed by atoms with Crippen molar-refractivity contribution in [2.24, 2.45) is 10.7 Å². The molecular formula is C6H17N5O5. The number of aliphatic hydroxyl groups excluding tert-OH is 4. The maximum Gasteiger partial charge on any atom is 0.318 e. The Morgan fingerprint density at radius 3 is 1.75 bits per heavy atom. The number of nitrogens with one attached hydrogen (secondary N) is 3. The van der Waals surface area contributed by atoms with Gasteiger partial charge in [-0.3, -0.25) is 0 Å². The molecular weight excluding hydrogens is 222 g/mol. The molecule has 0 aliphatic carbocycles. The zero-order valence-corrected chi connectivity index (χ0v) is 8.55. The van der Waals surface area contributed by atoms with Crippen molar-refractivity contribution in [3.63, 3.8) is 0 Å². The van der Waals surface area contributed by atoms with E-state index in [1.165, 1.54) is 0 Å². The van der Waals surface area contributed by atoms with Gasteiger partial charge in [0.1, 0.15) is 26.9 Å². The Labute approximate surface area is 91.8 Å². The molecule has 0 aliphatic heterocycles. The number of carbonyl (C=O) groups excluding carboxylic acids is 1. The van der Waals surface area contributed by atoms with E-state index in [0.29, 0.717) is 0 Å². The molecule has 0 fully saturated rings. The molecule has 0 heterocycles. The average molecular weight is 239 g/mol. The lowest BCUT2D eigenvalue weighted by Crippen LogP contribution is -2.36. The Morgan fingerprint density at radius 2 is 1.44 bits per heavy atom. The fourth-order valence-electron chi connectivity index (χ4n) is 0.419. The first-order chi connectivity index (χ1) is 7.62. The van der Waals surface area contributed by atoms with E-state index in [0.717, 1.165) is 0 Å². The molecule has 10 nitrogen and oxygen atoms in total. The van der Waals surface area contributed by atoms with Gasteiger partial charge >= 0.3 is 6.03 Å². The second-order valence-corrected chi connectivity index (χ2v) is 2.02. The van der Waals surface area contributed by atoms with Crippen molar-refractivity contribution in [2.45, 2.75) is 0 Å². The van der Waals surface area contributed by atoms with E-state index >= 15 is 0 Å². The van der Waals surface area contributed by atoms with Crippen molar-refractivity contribution >= 4 is 12.0 Å². The Kier molecular flexibility index (Phi) is 14.0. The Balaban J connectivity index is 0. The van der Waals surface area contributed by atoms with Crippen LogP contribution in [0, 0.1) is 0 Å². The quantitative estimate of drug-likeness (QED) is 0.140. The molecule has 0 saturated carbocycles. The minimum atomic E-state index is -0.588. The summed E-state index contributed by atoms with van der Waals surface area (Å²) in [7, 11) is 0. The molecule has 16 heavy (non-hydrogen) atoms. The highest BCUT2D eigenvalue weighted by atomic mass is 16.3. The lowest BCUT2D eigenvalue weighted by molar-refractivity contribution is 0.201. The van der Waals surface area contributed by atoms with Crippen LogP contribution >= 0.6 is 0 Å². The highest BCUT2D eigenvalue weighted by molar-refractivity contribution is 5.77. The number of carbonyl (C=O) groups is 1. The van der Waals surface area contributed by atoms with Crippen LogP contribution in [0.3, 0.4) is 0 Å². The minimum absolute atomic E-state index is 0.0370. The van der Waals surface area contributed by atoms with Gasteiger partial charge in [-0.1, -0.05) is 0 Å². The predicted molar refractivity (Wildman–Crippen MR) is 54.8 cm³/mol. The zero-order valence-electron chi connectivity index (χ0n) is 8.55. The molecule has 0 radical (unpaired) electrons. The molecule has 0 aromatic rings. The monoisotopic (exact) mass is 239 g/mol. The fraction of sp³-hybridized carbons (Fsp3) is 0.667. The molecule has 0 bridgehead atoms. The molecule has 0 saturated heterocycles. The van der Waals surface area contributed by atoms with Crippen LogP contribution in [0.15, 0.2) is 4.99 Å². The highest BCUT2D eigenvalue weighted by Gasteiger charge is 1.91. The number of aliphatic hydroxyl groups is 4. The molecule has 9 N–H and O–H groups in total. The van der Waals surface area contributed by atoms with E-state index in [1.807, 2.05) is 10.6 Å². The third-order valence-electron chi connectivity index (χ3n) is 0.980. The number of nitrogens with zero attached hydrogens (tertiary/aromatic N) is 1. The first-order valence-electron chi connectivity index (χ1n) is 4.11. The van der Waals surface area contributed by atoms with Crippen molar-refractivity contribution in [1.82, 2.24) is 16.0 Å². The molecule has 96 valence electrons. The number of hydrogen-bond donors (Lipinski definition) is 8. The highest BCUT2D eigenvalue weighted by Crippen LogP contribution is 1.59. The van der Waals surface area contributed by atoms with E-state index in [-0.39, 0.29) is 19.4 Å². The number of rotatable bonds is 4. The van der Waals surface area contributed by atoms with Crippen LogP contribution in [0.5, 0.6) is 0 Å². The van der Waals surface area contributed by atoms with Crippen molar-refractivity contribution in [3.8, 4) is 0 Å². The van der Waals surface area contributed by atoms with Crippen LogP contribution in [0.1, 0.15) is 0 Å². The van der Waals surface area contributed by atoms with Crippen molar-refractivity contribution in [2.75, 3.05) is 26.9 Å². The predicted octanol–water partition coefficient (Wildman–Crippen LogP) is -4.02. The third-order valence-corrected chi connectivity index (χ3v) is 0.980. The number of aliphatic imine (C=N–C) groups is 1. The molecule has 0 spiro atoms. The molecule has 0 rings (SSSR count). The fourth-order valence-corrected chi connectivity index (χ4v) is 0.419. The number of guanidine groups is 1. The van der Waals surface area contributed by atoms with Gasteiger partial charge in [0.15, 0.2) is 5.96 Å². The summed E-state index contributed by atoms with van der Waals surface area (Å²) >= 11 is 0. The van der Waals surface area contributed by atoms with Crippen molar-refractivity contribution in [1.29, 1.82) is 0 Å². The van der Waals surface area contributed by atoms with Gasteiger partial charge in [0.05, 0.1) is 0 Å². The van der Waals surface area contributed by atoms with E-state index < -0.39 is 19.5 Å². The second-order valence-electron chi connectivity index (χ2n) is 2.02. The third kappa shape index (κ3) is 14.9. The van der Waals surface area contributed by atoms with Gasteiger partial charge in [-0.15, -0.1) is 0 Å². The topological polar surface area (TPSA) is 172 Å². The standard InChI is InChI=1S/C3H9N3O2.C3H8N2O3/c4-3(5-1-7)6-2-8;6-1-4-3(8)5-2-7/h7-8H,1-2H2,(H3,4,5,6);6-7H,1-2H2,(H2,4,5,8). The molecule has 2 amide bonds. The first-order valence-corrected chi connectivity index (χ1v) is 4.11. The van der Waals surface area contributed by atoms with Gasteiger partial charge < -0.3 is 42.1 Å². The van der Waals surface area contributed by atoms with E-state index in [4.69, 9.17) is 26.2 Å². The number of amides is 2. The van der Waals surface area contributed by atoms with Gasteiger partial charge in [0.2, 0.25) is 0 Å². The van der Waals surface area contributed by atoms with Gasteiger partial charge in [-0.2, -0.15) is 0 Å². The lowest BCUT2D eigenvalue weighted by atomic mass is 10.9. The van der Waals surface area contributed by atoms with Crippen LogP contribution in [0.4, 0.5) is 4.79 Å². The summed E-state index contributed by atoms with van der Waals surface area (Å²) in [6.45, 7) is -1.48. The van der Waals surface area contributed by atoms with Gasteiger partial charge in [0, 0.05) is 0 Å². The second kappa shape index (κ2) is 13.4. The molecule has 0 aromatic carbocycles. The van der Waals surface area contributed by atoms with E-state index in [1.54, 1.807) is 0 Å². The van der Waals surface area contributed by atoms with Crippen LogP contribution < -0.4 is 21.7 Å². The number of nitrogens with two attached hydrogens (primary N) is 1. The lowest BCUT2D eigenvalue weighted by Gasteiger charge is -1.98. The van der Waals surface area contributed by atoms with Crippen LogP contribution in [0.25, 0.3) is 0 Å².